The number of nitrogens with one attached hydrogen (secondary N) is 2. The van der Waals surface area contributed by atoms with Crippen molar-refractivity contribution in [3.05, 3.63) is 72.6 Å². The highest BCUT2D eigenvalue weighted by atomic mass is 32.1. The van der Waals surface area contributed by atoms with Gasteiger partial charge in [0.1, 0.15) is 5.75 Å². The number of aromatic nitrogens is 2. The number of ether oxygens (including phenoxy) is 1. The maximum atomic E-state index is 5.38. The van der Waals surface area contributed by atoms with E-state index in [2.05, 4.69) is 27.9 Å². The molecule has 0 unspecified atom stereocenters. The number of hydrogen-bond donors (Lipinski definition) is 2. The fraction of sp³-hybridized carbons (Fsp3) is 0.111. The summed E-state index contributed by atoms with van der Waals surface area (Å²) < 4.78 is 7.09. The van der Waals surface area contributed by atoms with E-state index in [0.29, 0.717) is 5.11 Å². The molecule has 0 saturated heterocycles. The van der Waals surface area contributed by atoms with Crippen molar-refractivity contribution >= 4 is 28.7 Å². The molecule has 0 aliphatic rings. The average Bonchev–Trinajstić information content (AvgIpc) is 3.08. The molecule has 6 heteroatoms. The molecule has 2 aromatic carbocycles. The van der Waals surface area contributed by atoms with Crippen LogP contribution in [0.15, 0.2) is 67.0 Å². The third-order valence-corrected chi connectivity index (χ3v) is 3.62. The number of thiocarbonyl (C=S) groups is 1. The summed E-state index contributed by atoms with van der Waals surface area (Å²) >= 11 is 5.38. The summed E-state index contributed by atoms with van der Waals surface area (Å²) in [6.07, 6.45) is 3.71. The van der Waals surface area contributed by atoms with E-state index in [4.69, 9.17) is 17.0 Å². The van der Waals surface area contributed by atoms with Crippen LogP contribution in [-0.2, 0) is 6.54 Å². The predicted octanol–water partition coefficient (Wildman–Crippen LogP) is 3.75. The van der Waals surface area contributed by atoms with Gasteiger partial charge in [0.15, 0.2) is 5.11 Å². The Bertz CT molecular complexity index is 817. The highest BCUT2D eigenvalue weighted by molar-refractivity contribution is 7.80. The molecule has 0 atom stereocenters. The molecule has 3 aromatic rings. The SMILES string of the molecule is COc1cccc(NC(=S)Nc2cccc(Cn3cccn3)c2)c1. The molecule has 0 aliphatic carbocycles. The van der Waals surface area contributed by atoms with Crippen LogP contribution in [0.3, 0.4) is 0 Å². The second kappa shape index (κ2) is 7.61. The monoisotopic (exact) mass is 338 g/mol. The van der Waals surface area contributed by atoms with Crippen molar-refractivity contribution < 1.29 is 4.74 Å². The van der Waals surface area contributed by atoms with Crippen LogP contribution in [0.2, 0.25) is 0 Å². The fourth-order valence-corrected chi connectivity index (χ4v) is 2.56. The fourth-order valence-electron chi connectivity index (χ4n) is 2.32. The summed E-state index contributed by atoms with van der Waals surface area (Å²) in [6.45, 7) is 0.721. The van der Waals surface area contributed by atoms with Crippen LogP contribution < -0.4 is 15.4 Å². The van der Waals surface area contributed by atoms with Gasteiger partial charge >= 0.3 is 0 Å². The van der Waals surface area contributed by atoms with E-state index < -0.39 is 0 Å². The van der Waals surface area contributed by atoms with E-state index in [1.165, 1.54) is 0 Å². The van der Waals surface area contributed by atoms with E-state index in [1.807, 2.05) is 53.3 Å². The quantitative estimate of drug-likeness (QED) is 0.694. The number of nitrogens with zero attached hydrogens (tertiary/aromatic N) is 2. The molecular weight excluding hydrogens is 320 g/mol. The summed E-state index contributed by atoms with van der Waals surface area (Å²) in [4.78, 5) is 0. The number of benzene rings is 2. The van der Waals surface area contributed by atoms with Crippen molar-refractivity contribution in [1.29, 1.82) is 0 Å². The molecule has 0 radical (unpaired) electrons. The van der Waals surface area contributed by atoms with Crippen LogP contribution in [-0.4, -0.2) is 22.0 Å². The first kappa shape index (κ1) is 16.0. The number of rotatable bonds is 5. The molecule has 2 N–H and O–H groups in total. The first-order chi connectivity index (χ1) is 11.7. The standard InChI is InChI=1S/C18H18N4OS/c1-23-17-8-3-7-16(12-17)21-18(24)20-15-6-2-5-14(11-15)13-22-10-4-9-19-22/h2-12H,13H2,1H3,(H2,20,21,24). The van der Waals surface area contributed by atoms with Gasteiger partial charge in [0, 0.05) is 29.8 Å². The second-order valence-electron chi connectivity index (χ2n) is 5.22. The smallest absolute Gasteiger partial charge is 0.175 e. The second-order valence-corrected chi connectivity index (χ2v) is 5.62. The largest absolute Gasteiger partial charge is 0.497 e. The molecular formula is C18H18N4OS. The maximum Gasteiger partial charge on any atom is 0.175 e. The van der Waals surface area contributed by atoms with E-state index in [0.717, 1.165) is 29.2 Å². The number of methoxy groups -OCH3 is 1. The minimum Gasteiger partial charge on any atom is -0.497 e. The van der Waals surface area contributed by atoms with Crippen LogP contribution in [0.1, 0.15) is 5.56 Å². The Morgan fingerprint density at radius 3 is 2.54 bits per heavy atom. The first-order valence-corrected chi connectivity index (χ1v) is 7.92. The molecule has 0 aliphatic heterocycles. The molecule has 3 rings (SSSR count). The summed E-state index contributed by atoms with van der Waals surface area (Å²) in [7, 11) is 1.64. The molecule has 5 nitrogen and oxygen atoms in total. The minimum absolute atomic E-state index is 0.527. The predicted molar refractivity (Wildman–Crippen MR) is 101 cm³/mol. The zero-order chi connectivity index (χ0) is 16.8. The lowest BCUT2D eigenvalue weighted by atomic mass is 10.2. The van der Waals surface area contributed by atoms with Crippen LogP contribution in [0.25, 0.3) is 0 Å². The average molecular weight is 338 g/mol. The molecule has 122 valence electrons. The zero-order valence-corrected chi connectivity index (χ0v) is 14.1. The van der Waals surface area contributed by atoms with Gasteiger partial charge in [0.25, 0.3) is 0 Å². The van der Waals surface area contributed by atoms with Gasteiger partial charge in [-0.15, -0.1) is 0 Å². The van der Waals surface area contributed by atoms with Crippen LogP contribution in [0.5, 0.6) is 5.75 Å². The molecule has 0 spiro atoms. The lowest BCUT2D eigenvalue weighted by Gasteiger charge is -2.12. The van der Waals surface area contributed by atoms with E-state index in [9.17, 15) is 0 Å². The number of anilines is 2. The summed E-state index contributed by atoms with van der Waals surface area (Å²) in [5.41, 5.74) is 2.95. The van der Waals surface area contributed by atoms with Crippen molar-refractivity contribution in [3.8, 4) is 5.75 Å². The van der Waals surface area contributed by atoms with Gasteiger partial charge in [-0.25, -0.2) is 0 Å². The lowest BCUT2D eigenvalue weighted by Crippen LogP contribution is -2.19. The van der Waals surface area contributed by atoms with Crippen LogP contribution in [0.4, 0.5) is 11.4 Å². The summed E-state index contributed by atoms with van der Waals surface area (Å²) in [5.74, 6) is 0.781. The zero-order valence-electron chi connectivity index (χ0n) is 13.3. The number of hydrogen-bond acceptors (Lipinski definition) is 3. The molecule has 1 heterocycles. The Labute approximate surface area is 146 Å². The van der Waals surface area contributed by atoms with Gasteiger partial charge in [-0.05, 0) is 48.1 Å². The molecule has 1 aromatic heterocycles. The summed E-state index contributed by atoms with van der Waals surface area (Å²) in [5, 5.41) is 11.1. The normalized spacial score (nSPS) is 10.2. The van der Waals surface area contributed by atoms with E-state index in [-0.39, 0.29) is 0 Å². The molecule has 0 amide bonds. The molecule has 24 heavy (non-hydrogen) atoms. The topological polar surface area (TPSA) is 51.1 Å². The molecule has 0 saturated carbocycles. The van der Waals surface area contributed by atoms with Gasteiger partial charge in [0.05, 0.1) is 13.7 Å². The Hall–Kier alpha value is -2.86. The third-order valence-electron chi connectivity index (χ3n) is 3.42. The highest BCUT2D eigenvalue weighted by Crippen LogP contribution is 2.17. The molecule has 0 fully saturated rings. The maximum absolute atomic E-state index is 5.38. The minimum atomic E-state index is 0.527. The van der Waals surface area contributed by atoms with Gasteiger partial charge < -0.3 is 15.4 Å². The van der Waals surface area contributed by atoms with Crippen molar-refractivity contribution in [2.75, 3.05) is 17.7 Å². The van der Waals surface area contributed by atoms with Crippen molar-refractivity contribution in [3.63, 3.8) is 0 Å². The van der Waals surface area contributed by atoms with E-state index >= 15 is 0 Å². The molecule has 0 bridgehead atoms. The highest BCUT2D eigenvalue weighted by Gasteiger charge is 2.02. The lowest BCUT2D eigenvalue weighted by molar-refractivity contribution is 0.415. The van der Waals surface area contributed by atoms with Crippen molar-refractivity contribution in [2.24, 2.45) is 0 Å². The Morgan fingerprint density at radius 1 is 1.08 bits per heavy atom. The van der Waals surface area contributed by atoms with Crippen LogP contribution in [0, 0.1) is 0 Å². The van der Waals surface area contributed by atoms with Crippen LogP contribution >= 0.6 is 12.2 Å². The summed E-state index contributed by atoms with van der Waals surface area (Å²) in [6, 6.07) is 17.6. The first-order valence-electron chi connectivity index (χ1n) is 7.51. The van der Waals surface area contributed by atoms with Gasteiger partial charge in [0.2, 0.25) is 0 Å². The third kappa shape index (κ3) is 4.33. The Morgan fingerprint density at radius 2 is 1.83 bits per heavy atom. The Balaban J connectivity index is 1.63. The van der Waals surface area contributed by atoms with Crippen molar-refractivity contribution in [2.45, 2.75) is 6.54 Å². The van der Waals surface area contributed by atoms with E-state index in [1.54, 1.807) is 13.3 Å². The Kier molecular flexibility index (Phi) is 5.08. The van der Waals surface area contributed by atoms with Gasteiger partial charge in [-0.2, -0.15) is 5.10 Å². The van der Waals surface area contributed by atoms with Crippen molar-refractivity contribution in [1.82, 2.24) is 9.78 Å². The van der Waals surface area contributed by atoms with Gasteiger partial charge in [-0.1, -0.05) is 18.2 Å². The van der Waals surface area contributed by atoms with Gasteiger partial charge in [-0.3, -0.25) is 4.68 Å².